The van der Waals surface area contributed by atoms with E-state index in [1.165, 1.54) is 12.0 Å². The molecule has 0 saturated carbocycles. The molecule has 1 aliphatic rings. The van der Waals surface area contributed by atoms with Gasteiger partial charge in [0.25, 0.3) is 0 Å². The van der Waals surface area contributed by atoms with Crippen LogP contribution in [0.4, 0.5) is 0 Å². The standard InChI is InChI=1S/C14H18N2/c15-12-14-9-5-11-16(14)10-4-8-13-6-2-1-3-7-13/h1-3,6-7,14H,4-5,8-11H2. The maximum atomic E-state index is 8.96. The van der Waals surface area contributed by atoms with Crippen LogP contribution in [0.25, 0.3) is 0 Å². The number of nitriles is 1. The van der Waals surface area contributed by atoms with Crippen LogP contribution in [-0.4, -0.2) is 24.0 Å². The van der Waals surface area contributed by atoms with E-state index in [4.69, 9.17) is 5.26 Å². The number of likely N-dealkylation sites (tertiary alicyclic amines) is 1. The highest BCUT2D eigenvalue weighted by atomic mass is 15.2. The van der Waals surface area contributed by atoms with Crippen molar-refractivity contribution in [2.24, 2.45) is 0 Å². The lowest BCUT2D eigenvalue weighted by atomic mass is 10.1. The maximum absolute atomic E-state index is 8.96. The molecule has 0 bridgehead atoms. The summed E-state index contributed by atoms with van der Waals surface area (Å²) in [4.78, 5) is 2.32. The van der Waals surface area contributed by atoms with Crippen molar-refractivity contribution in [2.75, 3.05) is 13.1 Å². The van der Waals surface area contributed by atoms with Gasteiger partial charge < -0.3 is 0 Å². The highest BCUT2D eigenvalue weighted by molar-refractivity contribution is 5.14. The minimum absolute atomic E-state index is 0.177. The smallest absolute Gasteiger partial charge is 0.0978 e. The Kier molecular flexibility index (Phi) is 3.96. The molecule has 1 aromatic carbocycles. The second-order valence-corrected chi connectivity index (χ2v) is 4.41. The van der Waals surface area contributed by atoms with Crippen molar-refractivity contribution in [2.45, 2.75) is 31.7 Å². The van der Waals surface area contributed by atoms with Gasteiger partial charge in [-0.05, 0) is 44.3 Å². The summed E-state index contributed by atoms with van der Waals surface area (Å²) in [6, 6.07) is 13.1. The SMILES string of the molecule is N#CC1CCCN1CCCc1ccccc1. The van der Waals surface area contributed by atoms with Crippen molar-refractivity contribution < 1.29 is 0 Å². The second-order valence-electron chi connectivity index (χ2n) is 4.41. The van der Waals surface area contributed by atoms with Crippen LogP contribution in [-0.2, 0) is 6.42 Å². The van der Waals surface area contributed by atoms with Gasteiger partial charge >= 0.3 is 0 Å². The molecule has 16 heavy (non-hydrogen) atoms. The molecule has 1 unspecified atom stereocenters. The molecule has 1 fully saturated rings. The van der Waals surface area contributed by atoms with E-state index in [9.17, 15) is 0 Å². The third-order valence-electron chi connectivity index (χ3n) is 3.27. The van der Waals surface area contributed by atoms with Crippen molar-refractivity contribution >= 4 is 0 Å². The minimum atomic E-state index is 0.177. The summed E-state index contributed by atoms with van der Waals surface area (Å²) in [6.07, 6.45) is 4.52. The summed E-state index contributed by atoms with van der Waals surface area (Å²) in [6.45, 7) is 2.17. The zero-order valence-corrected chi connectivity index (χ0v) is 9.60. The molecular formula is C14H18N2. The van der Waals surface area contributed by atoms with E-state index in [1.807, 2.05) is 0 Å². The lowest BCUT2D eigenvalue weighted by molar-refractivity contribution is 0.291. The largest absolute Gasteiger partial charge is 0.288 e. The fourth-order valence-corrected chi connectivity index (χ4v) is 2.37. The number of aryl methyl sites for hydroxylation is 1. The van der Waals surface area contributed by atoms with E-state index in [2.05, 4.69) is 41.3 Å². The van der Waals surface area contributed by atoms with Crippen molar-refractivity contribution in [3.63, 3.8) is 0 Å². The molecular weight excluding hydrogens is 196 g/mol. The first-order valence-electron chi connectivity index (χ1n) is 6.08. The first-order valence-corrected chi connectivity index (χ1v) is 6.08. The van der Waals surface area contributed by atoms with Crippen molar-refractivity contribution in [3.8, 4) is 6.07 Å². The van der Waals surface area contributed by atoms with Gasteiger partial charge in [-0.15, -0.1) is 0 Å². The highest BCUT2D eigenvalue weighted by Crippen LogP contribution is 2.16. The van der Waals surface area contributed by atoms with Gasteiger partial charge in [-0.2, -0.15) is 5.26 Å². The molecule has 2 nitrogen and oxygen atoms in total. The Morgan fingerprint density at radius 3 is 2.88 bits per heavy atom. The van der Waals surface area contributed by atoms with Crippen LogP contribution in [0, 0.1) is 11.3 Å². The Morgan fingerprint density at radius 1 is 1.31 bits per heavy atom. The molecule has 1 aromatic rings. The van der Waals surface area contributed by atoms with Gasteiger partial charge in [-0.25, -0.2) is 0 Å². The Bertz CT molecular complexity index is 353. The van der Waals surface area contributed by atoms with Crippen molar-refractivity contribution in [3.05, 3.63) is 35.9 Å². The van der Waals surface area contributed by atoms with Crippen molar-refractivity contribution in [1.29, 1.82) is 5.26 Å². The maximum Gasteiger partial charge on any atom is 0.0978 e. The monoisotopic (exact) mass is 214 g/mol. The average Bonchev–Trinajstić information content (AvgIpc) is 2.78. The number of hydrogen-bond acceptors (Lipinski definition) is 2. The third kappa shape index (κ3) is 2.84. The van der Waals surface area contributed by atoms with E-state index in [0.717, 1.165) is 32.4 Å². The molecule has 0 radical (unpaired) electrons. The van der Waals surface area contributed by atoms with Gasteiger partial charge in [-0.1, -0.05) is 30.3 Å². The first-order chi connectivity index (χ1) is 7.90. The molecule has 0 aliphatic carbocycles. The molecule has 84 valence electrons. The van der Waals surface area contributed by atoms with E-state index < -0.39 is 0 Å². The summed E-state index contributed by atoms with van der Waals surface area (Å²) in [5.41, 5.74) is 1.40. The average molecular weight is 214 g/mol. The lowest BCUT2D eigenvalue weighted by Crippen LogP contribution is -2.29. The quantitative estimate of drug-likeness (QED) is 0.770. The zero-order valence-electron chi connectivity index (χ0n) is 9.60. The summed E-state index contributed by atoms with van der Waals surface area (Å²) >= 11 is 0. The van der Waals surface area contributed by atoms with Gasteiger partial charge in [0.2, 0.25) is 0 Å². The summed E-state index contributed by atoms with van der Waals surface area (Å²) in [5, 5.41) is 8.96. The molecule has 0 spiro atoms. The van der Waals surface area contributed by atoms with Gasteiger partial charge in [0.15, 0.2) is 0 Å². The predicted molar refractivity (Wildman–Crippen MR) is 65.0 cm³/mol. The number of benzene rings is 1. The Morgan fingerprint density at radius 2 is 2.12 bits per heavy atom. The van der Waals surface area contributed by atoms with E-state index in [1.54, 1.807) is 0 Å². The van der Waals surface area contributed by atoms with Crippen LogP contribution in [0.1, 0.15) is 24.8 Å². The molecule has 0 N–H and O–H groups in total. The molecule has 1 aliphatic heterocycles. The van der Waals surface area contributed by atoms with E-state index >= 15 is 0 Å². The molecule has 1 heterocycles. The Hall–Kier alpha value is -1.33. The highest BCUT2D eigenvalue weighted by Gasteiger charge is 2.22. The van der Waals surface area contributed by atoms with Crippen LogP contribution < -0.4 is 0 Å². The Balaban J connectivity index is 1.74. The summed E-state index contributed by atoms with van der Waals surface area (Å²) in [7, 11) is 0. The first kappa shape index (κ1) is 11.2. The van der Waals surface area contributed by atoms with Gasteiger partial charge in [0.1, 0.15) is 0 Å². The van der Waals surface area contributed by atoms with Crippen LogP contribution in [0.5, 0.6) is 0 Å². The number of hydrogen-bond donors (Lipinski definition) is 0. The van der Waals surface area contributed by atoms with Gasteiger partial charge in [0, 0.05) is 0 Å². The zero-order chi connectivity index (χ0) is 11.2. The van der Waals surface area contributed by atoms with Crippen LogP contribution in [0.3, 0.4) is 0 Å². The van der Waals surface area contributed by atoms with Gasteiger partial charge in [0.05, 0.1) is 12.1 Å². The molecule has 2 rings (SSSR count). The van der Waals surface area contributed by atoms with E-state index in [0.29, 0.717) is 0 Å². The second kappa shape index (κ2) is 5.67. The fraction of sp³-hybridized carbons (Fsp3) is 0.500. The van der Waals surface area contributed by atoms with Gasteiger partial charge in [-0.3, -0.25) is 4.90 Å². The van der Waals surface area contributed by atoms with Crippen LogP contribution >= 0.6 is 0 Å². The fourth-order valence-electron chi connectivity index (χ4n) is 2.37. The molecule has 1 saturated heterocycles. The van der Waals surface area contributed by atoms with Crippen molar-refractivity contribution in [1.82, 2.24) is 4.90 Å². The molecule has 2 heteroatoms. The Labute approximate surface area is 97.5 Å². The number of nitrogens with zero attached hydrogens (tertiary/aromatic N) is 2. The minimum Gasteiger partial charge on any atom is -0.288 e. The summed E-state index contributed by atoms with van der Waals surface area (Å²) < 4.78 is 0. The van der Waals surface area contributed by atoms with E-state index in [-0.39, 0.29) is 6.04 Å². The predicted octanol–water partition coefficient (Wildman–Crippen LogP) is 2.61. The molecule has 0 aromatic heterocycles. The third-order valence-corrected chi connectivity index (χ3v) is 3.27. The topological polar surface area (TPSA) is 27.0 Å². The molecule has 1 atom stereocenters. The lowest BCUT2D eigenvalue weighted by Gasteiger charge is -2.18. The molecule has 0 amide bonds. The number of rotatable bonds is 4. The summed E-state index contributed by atoms with van der Waals surface area (Å²) in [5.74, 6) is 0. The normalized spacial score (nSPS) is 20.8. The van der Waals surface area contributed by atoms with Crippen LogP contribution in [0.2, 0.25) is 0 Å². The van der Waals surface area contributed by atoms with Crippen LogP contribution in [0.15, 0.2) is 30.3 Å².